The molecule has 0 spiro atoms. The first-order valence-electron chi connectivity index (χ1n) is 5.85. The molecule has 0 aliphatic carbocycles. The van der Waals surface area contributed by atoms with E-state index >= 15 is 0 Å². The summed E-state index contributed by atoms with van der Waals surface area (Å²) in [5.74, 6) is 0. The maximum Gasteiger partial charge on any atom is 0.269 e. The van der Waals surface area contributed by atoms with Gasteiger partial charge in [-0.3, -0.25) is 10.1 Å². The van der Waals surface area contributed by atoms with E-state index in [0.717, 1.165) is 30.6 Å². The minimum Gasteiger partial charge on any atom is -0.335 e. The van der Waals surface area contributed by atoms with E-state index in [1.165, 1.54) is 5.03 Å². The number of benzene rings is 1. The fourth-order valence-corrected chi connectivity index (χ4v) is 3.23. The lowest BCUT2D eigenvalue weighted by Gasteiger charge is -2.26. The fourth-order valence-electron chi connectivity index (χ4n) is 2.20. The molecular formula is C13H12N2O2S. The first-order valence-corrected chi connectivity index (χ1v) is 6.73. The van der Waals surface area contributed by atoms with Crippen molar-refractivity contribution in [2.75, 3.05) is 6.54 Å². The molecule has 0 bridgehead atoms. The van der Waals surface area contributed by atoms with Crippen LogP contribution in [0.25, 0.3) is 5.70 Å². The SMILES string of the molecule is O=[N+]([O-])c1ccc(C2=CSC3=CCCCN32)cc1. The van der Waals surface area contributed by atoms with Gasteiger partial charge in [0, 0.05) is 24.1 Å². The first-order chi connectivity index (χ1) is 8.75. The molecule has 92 valence electrons. The van der Waals surface area contributed by atoms with E-state index in [4.69, 9.17) is 0 Å². The molecule has 0 unspecified atom stereocenters. The lowest BCUT2D eigenvalue weighted by Crippen LogP contribution is -2.20. The van der Waals surface area contributed by atoms with Crippen molar-refractivity contribution < 1.29 is 4.92 Å². The summed E-state index contributed by atoms with van der Waals surface area (Å²) >= 11 is 1.73. The van der Waals surface area contributed by atoms with Crippen molar-refractivity contribution in [1.82, 2.24) is 4.90 Å². The van der Waals surface area contributed by atoms with E-state index in [-0.39, 0.29) is 10.6 Å². The zero-order valence-corrected chi connectivity index (χ0v) is 10.5. The molecule has 0 atom stereocenters. The molecular weight excluding hydrogens is 248 g/mol. The van der Waals surface area contributed by atoms with Crippen LogP contribution in [0.4, 0.5) is 5.69 Å². The average Bonchev–Trinajstić information content (AvgIpc) is 2.82. The van der Waals surface area contributed by atoms with Crippen molar-refractivity contribution >= 4 is 23.1 Å². The van der Waals surface area contributed by atoms with E-state index < -0.39 is 0 Å². The maximum absolute atomic E-state index is 10.6. The van der Waals surface area contributed by atoms with E-state index in [1.807, 2.05) is 12.1 Å². The topological polar surface area (TPSA) is 46.4 Å². The Hall–Kier alpha value is -1.75. The van der Waals surface area contributed by atoms with Crippen LogP contribution in [0.15, 0.2) is 40.8 Å². The van der Waals surface area contributed by atoms with Crippen LogP contribution in [0.5, 0.6) is 0 Å². The lowest BCUT2D eigenvalue weighted by molar-refractivity contribution is -0.384. The molecule has 3 rings (SSSR count). The second-order valence-corrected chi connectivity index (χ2v) is 5.15. The summed E-state index contributed by atoms with van der Waals surface area (Å²) in [6, 6.07) is 6.77. The van der Waals surface area contributed by atoms with Gasteiger partial charge in [0.05, 0.1) is 15.6 Å². The highest BCUT2D eigenvalue weighted by molar-refractivity contribution is 8.06. The normalized spacial score (nSPS) is 18.1. The van der Waals surface area contributed by atoms with Gasteiger partial charge >= 0.3 is 0 Å². The van der Waals surface area contributed by atoms with Gasteiger partial charge in [0.2, 0.25) is 0 Å². The van der Waals surface area contributed by atoms with Crippen molar-refractivity contribution in [3.8, 4) is 0 Å². The van der Waals surface area contributed by atoms with E-state index in [2.05, 4.69) is 16.4 Å². The molecule has 0 fully saturated rings. The predicted octanol–water partition coefficient (Wildman–Crippen LogP) is 3.58. The number of hydrogen-bond donors (Lipinski definition) is 0. The molecule has 0 saturated heterocycles. The van der Waals surface area contributed by atoms with Gasteiger partial charge < -0.3 is 4.90 Å². The highest BCUT2D eigenvalue weighted by Crippen LogP contribution is 2.41. The first kappa shape index (κ1) is 11.3. The van der Waals surface area contributed by atoms with Crippen molar-refractivity contribution in [2.24, 2.45) is 0 Å². The molecule has 4 nitrogen and oxygen atoms in total. The van der Waals surface area contributed by atoms with Gasteiger partial charge in [0.1, 0.15) is 0 Å². The van der Waals surface area contributed by atoms with E-state index in [1.54, 1.807) is 23.9 Å². The van der Waals surface area contributed by atoms with Gasteiger partial charge in [-0.2, -0.15) is 0 Å². The molecule has 1 aromatic rings. The molecule has 1 aromatic carbocycles. The van der Waals surface area contributed by atoms with Gasteiger partial charge in [0.25, 0.3) is 5.69 Å². The predicted molar refractivity (Wildman–Crippen MR) is 72.7 cm³/mol. The zero-order chi connectivity index (χ0) is 12.5. The standard InChI is InChI=1S/C13H12N2O2S/c16-15(17)11-6-4-10(5-7-11)12-9-18-13-3-1-2-8-14(12)13/h3-7,9H,1-2,8H2. The monoisotopic (exact) mass is 260 g/mol. The van der Waals surface area contributed by atoms with Crippen LogP contribution in [0.2, 0.25) is 0 Å². The molecule has 2 heterocycles. The molecule has 0 aromatic heterocycles. The molecule has 18 heavy (non-hydrogen) atoms. The van der Waals surface area contributed by atoms with Crippen molar-refractivity contribution in [3.05, 3.63) is 56.5 Å². The number of hydrogen-bond acceptors (Lipinski definition) is 4. The van der Waals surface area contributed by atoms with Gasteiger partial charge in [-0.05, 0) is 30.5 Å². The summed E-state index contributed by atoms with van der Waals surface area (Å²) in [4.78, 5) is 12.5. The Kier molecular flexibility index (Phi) is 2.83. The minimum atomic E-state index is -0.367. The number of allylic oxidation sites excluding steroid dienone is 1. The smallest absolute Gasteiger partial charge is 0.269 e. The summed E-state index contributed by atoms with van der Waals surface area (Å²) in [6.45, 7) is 1.03. The number of rotatable bonds is 2. The largest absolute Gasteiger partial charge is 0.335 e. The van der Waals surface area contributed by atoms with Crippen LogP contribution in [-0.4, -0.2) is 16.4 Å². The molecule has 0 amide bonds. The molecule has 0 radical (unpaired) electrons. The zero-order valence-electron chi connectivity index (χ0n) is 9.70. The van der Waals surface area contributed by atoms with Gasteiger partial charge in [-0.15, -0.1) is 0 Å². The molecule has 0 N–H and O–H groups in total. The average molecular weight is 260 g/mol. The van der Waals surface area contributed by atoms with E-state index in [0.29, 0.717) is 0 Å². The summed E-state index contributed by atoms with van der Waals surface area (Å²) in [6.07, 6.45) is 4.55. The summed E-state index contributed by atoms with van der Waals surface area (Å²) < 4.78 is 0. The van der Waals surface area contributed by atoms with Gasteiger partial charge in [0.15, 0.2) is 0 Å². The molecule has 2 aliphatic rings. The Labute approximate surface area is 109 Å². The van der Waals surface area contributed by atoms with Crippen LogP contribution in [0, 0.1) is 10.1 Å². The number of fused-ring (bicyclic) bond motifs is 1. The van der Waals surface area contributed by atoms with Crippen molar-refractivity contribution in [2.45, 2.75) is 12.8 Å². The Morgan fingerprint density at radius 3 is 2.78 bits per heavy atom. The molecule has 5 heteroatoms. The quantitative estimate of drug-likeness (QED) is 0.602. The number of thioether (sulfide) groups is 1. The van der Waals surface area contributed by atoms with E-state index in [9.17, 15) is 10.1 Å². The maximum atomic E-state index is 10.6. The Bertz CT molecular complexity index is 549. The second kappa shape index (κ2) is 4.49. The summed E-state index contributed by atoms with van der Waals surface area (Å²) in [7, 11) is 0. The Morgan fingerprint density at radius 2 is 2.06 bits per heavy atom. The highest BCUT2D eigenvalue weighted by Gasteiger charge is 2.24. The second-order valence-electron chi connectivity index (χ2n) is 4.26. The van der Waals surface area contributed by atoms with Crippen molar-refractivity contribution in [1.29, 1.82) is 0 Å². The fraction of sp³-hybridized carbons (Fsp3) is 0.231. The summed E-state index contributed by atoms with van der Waals surface area (Å²) in [5, 5.41) is 14.0. The Morgan fingerprint density at radius 1 is 1.28 bits per heavy atom. The van der Waals surface area contributed by atoms with Crippen LogP contribution >= 0.6 is 11.8 Å². The summed E-state index contributed by atoms with van der Waals surface area (Å²) in [5.41, 5.74) is 2.33. The molecule has 0 saturated carbocycles. The molecule has 2 aliphatic heterocycles. The third-order valence-corrected chi connectivity index (χ3v) is 4.10. The number of nitro groups is 1. The van der Waals surface area contributed by atoms with Crippen molar-refractivity contribution in [3.63, 3.8) is 0 Å². The Balaban J connectivity index is 1.89. The minimum absolute atomic E-state index is 0.138. The van der Waals surface area contributed by atoms with Gasteiger partial charge in [-0.25, -0.2) is 0 Å². The van der Waals surface area contributed by atoms with Crippen LogP contribution in [-0.2, 0) is 0 Å². The third-order valence-electron chi connectivity index (χ3n) is 3.13. The number of nitrogens with zero attached hydrogens (tertiary/aromatic N) is 2. The number of nitro benzene ring substituents is 1. The number of non-ortho nitro benzene ring substituents is 1. The van der Waals surface area contributed by atoms with Crippen LogP contribution in [0.3, 0.4) is 0 Å². The van der Waals surface area contributed by atoms with Crippen LogP contribution in [0.1, 0.15) is 18.4 Å². The lowest BCUT2D eigenvalue weighted by atomic mass is 10.1. The highest BCUT2D eigenvalue weighted by atomic mass is 32.2. The van der Waals surface area contributed by atoms with Gasteiger partial charge in [-0.1, -0.05) is 17.8 Å². The van der Waals surface area contributed by atoms with Crippen LogP contribution < -0.4 is 0 Å². The third kappa shape index (κ3) is 1.90.